The van der Waals surface area contributed by atoms with Gasteiger partial charge in [0.1, 0.15) is 11.5 Å². The number of carbonyl (C=O) groups is 1. The van der Waals surface area contributed by atoms with Crippen molar-refractivity contribution in [3.63, 3.8) is 0 Å². The van der Waals surface area contributed by atoms with Crippen molar-refractivity contribution in [2.24, 2.45) is 10.9 Å². The molecule has 0 spiro atoms. The molecule has 2 amide bonds. The van der Waals surface area contributed by atoms with Crippen molar-refractivity contribution in [3.05, 3.63) is 23.8 Å². The third-order valence-electron chi connectivity index (χ3n) is 1.51. The largest absolute Gasteiger partial charge is 0.508 e. The summed E-state index contributed by atoms with van der Waals surface area (Å²) in [5, 5.41) is 21.8. The highest BCUT2D eigenvalue weighted by Crippen LogP contribution is 2.20. The van der Waals surface area contributed by atoms with Gasteiger partial charge in [-0.3, -0.25) is 5.43 Å². The summed E-state index contributed by atoms with van der Waals surface area (Å²) in [6, 6.07) is 3.30. The van der Waals surface area contributed by atoms with E-state index < -0.39 is 6.03 Å². The Bertz CT molecular complexity index is 391. The summed E-state index contributed by atoms with van der Waals surface area (Å²) in [5.74, 6) is 4.58. The van der Waals surface area contributed by atoms with Crippen molar-refractivity contribution in [1.82, 2.24) is 10.9 Å². The Hall–Kier alpha value is -2.28. The van der Waals surface area contributed by atoms with E-state index in [2.05, 4.69) is 5.10 Å². The smallest absolute Gasteiger partial charge is 0.349 e. The summed E-state index contributed by atoms with van der Waals surface area (Å²) >= 11 is 0. The van der Waals surface area contributed by atoms with Crippen molar-refractivity contribution < 1.29 is 15.0 Å². The van der Waals surface area contributed by atoms with Crippen LogP contribution in [0.2, 0.25) is 0 Å². The Kier molecular flexibility index (Phi) is 3.47. The summed E-state index contributed by atoms with van der Waals surface area (Å²) < 4.78 is 0. The number of benzene rings is 1. The molecule has 0 heterocycles. The number of phenols is 2. The predicted molar refractivity (Wildman–Crippen MR) is 53.2 cm³/mol. The molecule has 0 aliphatic carbocycles. The second kappa shape index (κ2) is 4.82. The standard InChI is InChI=1S/C8H10N4O3/c9-11-8(15)12-10-4-5-1-2-6(13)3-7(5)14/h1-4,13-14H,9H2,(H2,11,12,15). The van der Waals surface area contributed by atoms with Crippen LogP contribution in [-0.4, -0.2) is 22.5 Å². The molecule has 0 saturated carbocycles. The zero-order valence-corrected chi connectivity index (χ0v) is 7.64. The van der Waals surface area contributed by atoms with E-state index in [1.54, 1.807) is 0 Å². The molecule has 0 fully saturated rings. The fraction of sp³-hybridized carbons (Fsp3) is 0. The van der Waals surface area contributed by atoms with Crippen molar-refractivity contribution in [2.45, 2.75) is 0 Å². The first-order valence-electron chi connectivity index (χ1n) is 3.95. The highest BCUT2D eigenvalue weighted by molar-refractivity contribution is 5.84. The number of hydrazine groups is 1. The van der Waals surface area contributed by atoms with E-state index in [0.717, 1.165) is 6.07 Å². The Labute approximate surface area is 85.2 Å². The molecule has 0 atom stereocenters. The van der Waals surface area contributed by atoms with E-state index in [0.29, 0.717) is 5.56 Å². The molecule has 1 aromatic rings. The Morgan fingerprint density at radius 1 is 1.47 bits per heavy atom. The normalized spacial score (nSPS) is 10.2. The molecule has 0 saturated heterocycles. The number of nitrogens with two attached hydrogens (primary N) is 1. The van der Waals surface area contributed by atoms with Crippen LogP contribution >= 0.6 is 0 Å². The van der Waals surface area contributed by atoms with Crippen LogP contribution in [0.4, 0.5) is 4.79 Å². The molecule has 0 aliphatic rings. The predicted octanol–water partition coefficient (Wildman–Crippen LogP) is -0.395. The zero-order chi connectivity index (χ0) is 11.3. The van der Waals surface area contributed by atoms with Gasteiger partial charge in [-0.05, 0) is 12.1 Å². The van der Waals surface area contributed by atoms with Crippen LogP contribution in [0.15, 0.2) is 23.3 Å². The molecular weight excluding hydrogens is 200 g/mol. The molecule has 7 nitrogen and oxygen atoms in total. The van der Waals surface area contributed by atoms with Gasteiger partial charge in [-0.2, -0.15) is 5.10 Å². The van der Waals surface area contributed by atoms with Crippen LogP contribution in [0, 0.1) is 0 Å². The zero-order valence-electron chi connectivity index (χ0n) is 7.64. The van der Waals surface area contributed by atoms with Gasteiger partial charge in [0.2, 0.25) is 0 Å². The van der Waals surface area contributed by atoms with Crippen molar-refractivity contribution in [2.75, 3.05) is 0 Å². The van der Waals surface area contributed by atoms with Gasteiger partial charge < -0.3 is 10.2 Å². The fourth-order valence-electron chi connectivity index (χ4n) is 0.834. The topological polar surface area (TPSA) is 120 Å². The van der Waals surface area contributed by atoms with Gasteiger partial charge >= 0.3 is 6.03 Å². The first kappa shape index (κ1) is 10.8. The highest BCUT2D eigenvalue weighted by atomic mass is 16.3. The summed E-state index contributed by atoms with van der Waals surface area (Å²) in [6.45, 7) is 0. The van der Waals surface area contributed by atoms with E-state index in [1.165, 1.54) is 18.3 Å². The minimum atomic E-state index is -0.676. The molecule has 0 aliphatic heterocycles. The number of amides is 2. The molecule has 0 unspecified atom stereocenters. The van der Waals surface area contributed by atoms with E-state index in [4.69, 9.17) is 10.9 Å². The Morgan fingerprint density at radius 2 is 2.20 bits per heavy atom. The van der Waals surface area contributed by atoms with Gasteiger partial charge in [0.25, 0.3) is 0 Å². The number of nitrogens with one attached hydrogen (secondary N) is 2. The van der Waals surface area contributed by atoms with Crippen molar-refractivity contribution in [1.29, 1.82) is 0 Å². The molecule has 1 aromatic carbocycles. The molecule has 80 valence electrons. The van der Waals surface area contributed by atoms with Gasteiger partial charge in [-0.1, -0.05) is 0 Å². The summed E-state index contributed by atoms with van der Waals surface area (Å²) in [4.78, 5) is 10.6. The highest BCUT2D eigenvalue weighted by Gasteiger charge is 1.99. The number of carbonyl (C=O) groups excluding carboxylic acids is 1. The third-order valence-corrected chi connectivity index (χ3v) is 1.51. The lowest BCUT2D eigenvalue weighted by Crippen LogP contribution is -2.37. The first-order valence-corrected chi connectivity index (χ1v) is 3.95. The molecule has 0 radical (unpaired) electrons. The van der Waals surface area contributed by atoms with Crippen LogP contribution in [0.25, 0.3) is 0 Å². The SMILES string of the molecule is NNC(=O)NN=Cc1ccc(O)cc1O. The molecule has 6 N–H and O–H groups in total. The second-order valence-electron chi connectivity index (χ2n) is 2.59. The average molecular weight is 210 g/mol. The number of hydrazone groups is 1. The monoisotopic (exact) mass is 210 g/mol. The molecule has 0 bridgehead atoms. The molecule has 7 heteroatoms. The van der Waals surface area contributed by atoms with Crippen molar-refractivity contribution >= 4 is 12.2 Å². The summed E-state index contributed by atoms with van der Waals surface area (Å²) in [6.07, 6.45) is 1.21. The number of hydrogen-bond donors (Lipinski definition) is 5. The number of aromatic hydroxyl groups is 2. The lowest BCUT2D eigenvalue weighted by atomic mass is 10.2. The van der Waals surface area contributed by atoms with E-state index in [9.17, 15) is 9.90 Å². The lowest BCUT2D eigenvalue weighted by Gasteiger charge is -1.99. The maximum atomic E-state index is 10.6. The van der Waals surface area contributed by atoms with E-state index >= 15 is 0 Å². The minimum Gasteiger partial charge on any atom is -0.508 e. The maximum absolute atomic E-state index is 10.6. The number of nitrogens with zero attached hydrogens (tertiary/aromatic N) is 1. The first-order chi connectivity index (χ1) is 7.13. The van der Waals surface area contributed by atoms with Gasteiger partial charge in [0.05, 0.1) is 6.21 Å². The summed E-state index contributed by atoms with van der Waals surface area (Å²) in [7, 11) is 0. The number of phenolic OH excluding ortho intramolecular Hbond substituents is 2. The molecular formula is C8H10N4O3. The Morgan fingerprint density at radius 3 is 2.80 bits per heavy atom. The van der Waals surface area contributed by atoms with E-state index in [-0.39, 0.29) is 11.5 Å². The summed E-state index contributed by atoms with van der Waals surface area (Å²) in [5.41, 5.74) is 4.20. The number of rotatable bonds is 2. The quantitative estimate of drug-likeness (QED) is 0.197. The van der Waals surface area contributed by atoms with Crippen LogP contribution in [0.5, 0.6) is 11.5 Å². The number of urea groups is 1. The van der Waals surface area contributed by atoms with Gasteiger partial charge in [-0.15, -0.1) is 0 Å². The fourth-order valence-corrected chi connectivity index (χ4v) is 0.834. The molecule has 0 aromatic heterocycles. The van der Waals surface area contributed by atoms with Crippen molar-refractivity contribution in [3.8, 4) is 11.5 Å². The van der Waals surface area contributed by atoms with Crippen LogP contribution in [-0.2, 0) is 0 Å². The Balaban J connectivity index is 2.68. The van der Waals surface area contributed by atoms with E-state index in [1.807, 2.05) is 10.9 Å². The average Bonchev–Trinajstić information content (AvgIpc) is 2.21. The lowest BCUT2D eigenvalue weighted by molar-refractivity contribution is 0.241. The molecule has 15 heavy (non-hydrogen) atoms. The van der Waals surface area contributed by atoms with Crippen LogP contribution in [0.1, 0.15) is 5.56 Å². The maximum Gasteiger partial charge on any atom is 0.349 e. The van der Waals surface area contributed by atoms with Crippen LogP contribution in [0.3, 0.4) is 0 Å². The van der Waals surface area contributed by atoms with Crippen LogP contribution < -0.4 is 16.7 Å². The third kappa shape index (κ3) is 3.16. The minimum absolute atomic E-state index is 0.0580. The van der Waals surface area contributed by atoms with Gasteiger partial charge in [-0.25, -0.2) is 16.1 Å². The molecule has 1 rings (SSSR count). The van der Waals surface area contributed by atoms with Gasteiger partial charge in [0, 0.05) is 11.6 Å². The van der Waals surface area contributed by atoms with Gasteiger partial charge in [0.15, 0.2) is 0 Å². The second-order valence-corrected chi connectivity index (χ2v) is 2.59. The number of hydrogen-bond acceptors (Lipinski definition) is 5.